The van der Waals surface area contributed by atoms with E-state index in [0.717, 1.165) is 11.8 Å². The van der Waals surface area contributed by atoms with E-state index in [9.17, 15) is 4.79 Å². The lowest BCUT2D eigenvalue weighted by Gasteiger charge is -2.01. The van der Waals surface area contributed by atoms with Crippen LogP contribution in [0.15, 0.2) is 60.1 Å². The zero-order chi connectivity index (χ0) is 14.5. The van der Waals surface area contributed by atoms with Gasteiger partial charge < -0.3 is 10.1 Å². The Hall–Kier alpha value is -3.06. The summed E-state index contributed by atoms with van der Waals surface area (Å²) in [6.45, 7) is 7.29. The van der Waals surface area contributed by atoms with Gasteiger partial charge in [-0.05, 0) is 12.1 Å². The Morgan fingerprint density at radius 3 is 2.95 bits per heavy atom. The predicted octanol–water partition coefficient (Wildman–Crippen LogP) is 2.24. The number of H-pyrrole nitrogens is 1. The largest absolute Gasteiger partial charge is 0.502 e. The second kappa shape index (κ2) is 5.72. The molecule has 1 aromatic heterocycles. The van der Waals surface area contributed by atoms with Crippen LogP contribution in [0.2, 0.25) is 0 Å². The molecule has 20 heavy (non-hydrogen) atoms. The summed E-state index contributed by atoms with van der Waals surface area (Å²) in [7, 11) is 0. The molecule has 98 valence electrons. The summed E-state index contributed by atoms with van der Waals surface area (Å²) in [5.74, 6) is 5.76. The van der Waals surface area contributed by atoms with E-state index in [1.165, 1.54) is 0 Å². The van der Waals surface area contributed by atoms with Crippen LogP contribution in [-0.2, 0) is 0 Å². The Morgan fingerprint density at radius 2 is 2.25 bits per heavy atom. The van der Waals surface area contributed by atoms with Gasteiger partial charge in [-0.2, -0.15) is 0 Å². The Labute approximate surface area is 116 Å². The molecule has 2 aromatic rings. The average Bonchev–Trinajstić information content (AvgIpc) is 2.48. The van der Waals surface area contributed by atoms with E-state index in [0.29, 0.717) is 17.0 Å². The predicted molar refractivity (Wildman–Crippen MR) is 78.2 cm³/mol. The van der Waals surface area contributed by atoms with Crippen molar-refractivity contribution >= 4 is 0 Å². The molecule has 0 spiro atoms. The van der Waals surface area contributed by atoms with Gasteiger partial charge in [0.2, 0.25) is 0 Å². The van der Waals surface area contributed by atoms with Crippen molar-refractivity contribution < 1.29 is 5.11 Å². The molecule has 0 amide bonds. The average molecular weight is 264 g/mol. The topological polar surface area (TPSA) is 66.0 Å². The molecule has 0 aliphatic carbocycles. The lowest BCUT2D eigenvalue weighted by Crippen LogP contribution is -2.07. The van der Waals surface area contributed by atoms with E-state index in [4.69, 9.17) is 5.11 Å². The number of allylic oxidation sites excluding steroid dienone is 2. The Morgan fingerprint density at radius 1 is 1.45 bits per heavy atom. The minimum Gasteiger partial charge on any atom is -0.502 e. The quantitative estimate of drug-likeness (QED) is 0.645. The number of benzene rings is 1. The molecule has 0 aliphatic rings. The Balaban J connectivity index is 2.40. The number of aromatic nitrogens is 2. The summed E-state index contributed by atoms with van der Waals surface area (Å²) in [5, 5.41) is 9.17. The second-order valence-corrected chi connectivity index (χ2v) is 4.01. The van der Waals surface area contributed by atoms with E-state index >= 15 is 0 Å². The summed E-state index contributed by atoms with van der Waals surface area (Å²) in [5.41, 5.74) is 1.53. The molecule has 0 bridgehead atoms. The number of hydrogen-bond acceptors (Lipinski definition) is 3. The number of nitrogens with one attached hydrogen (secondary N) is 1. The summed E-state index contributed by atoms with van der Waals surface area (Å²) >= 11 is 0. The fraction of sp³-hybridized carbons (Fsp3) is 0. The fourth-order valence-corrected chi connectivity index (χ4v) is 1.48. The summed E-state index contributed by atoms with van der Waals surface area (Å²) in [6, 6.07) is 7.23. The lowest BCUT2D eigenvalue weighted by molar-refractivity contribution is 0.463. The second-order valence-electron chi connectivity index (χ2n) is 4.01. The van der Waals surface area contributed by atoms with Gasteiger partial charge >= 0.3 is 0 Å². The fourth-order valence-electron chi connectivity index (χ4n) is 1.48. The van der Waals surface area contributed by atoms with Crippen molar-refractivity contribution in [2.24, 2.45) is 0 Å². The van der Waals surface area contributed by atoms with Crippen LogP contribution >= 0.6 is 0 Å². The third-order valence-electron chi connectivity index (χ3n) is 2.53. The first-order valence-electron chi connectivity index (χ1n) is 5.82. The number of aromatic hydroxyl groups is 1. The van der Waals surface area contributed by atoms with E-state index in [1.54, 1.807) is 18.2 Å². The standard InChI is InChI=1S/C16H12N2O2/c1-3-11(2)7-8-12-5-4-6-13(9-12)15-17-10-14(19)16(20)18-15/h3-6,9-10,19H,1-2H2,(H,17,18,20). The highest BCUT2D eigenvalue weighted by atomic mass is 16.3. The van der Waals surface area contributed by atoms with Gasteiger partial charge in [0.15, 0.2) is 5.75 Å². The number of rotatable bonds is 2. The summed E-state index contributed by atoms with van der Waals surface area (Å²) in [4.78, 5) is 17.8. The maximum absolute atomic E-state index is 11.4. The minimum absolute atomic E-state index is 0.374. The van der Waals surface area contributed by atoms with Gasteiger partial charge in [-0.1, -0.05) is 43.2 Å². The van der Waals surface area contributed by atoms with Crippen LogP contribution in [0.25, 0.3) is 11.4 Å². The van der Waals surface area contributed by atoms with Crippen LogP contribution < -0.4 is 5.56 Å². The molecule has 0 atom stereocenters. The molecule has 0 radical (unpaired) electrons. The normalized spacial score (nSPS) is 9.40. The van der Waals surface area contributed by atoms with Crippen LogP contribution in [0.4, 0.5) is 0 Å². The highest BCUT2D eigenvalue weighted by Crippen LogP contribution is 2.15. The smallest absolute Gasteiger partial charge is 0.293 e. The van der Waals surface area contributed by atoms with E-state index in [1.807, 2.05) is 12.1 Å². The molecule has 0 aliphatic heterocycles. The highest BCUT2D eigenvalue weighted by Gasteiger charge is 2.03. The highest BCUT2D eigenvalue weighted by molar-refractivity contribution is 5.59. The third kappa shape index (κ3) is 3.03. The molecular weight excluding hydrogens is 252 g/mol. The van der Waals surface area contributed by atoms with Gasteiger partial charge in [-0.15, -0.1) is 0 Å². The van der Waals surface area contributed by atoms with Crippen LogP contribution in [-0.4, -0.2) is 15.1 Å². The van der Waals surface area contributed by atoms with E-state index in [-0.39, 0.29) is 0 Å². The zero-order valence-corrected chi connectivity index (χ0v) is 10.7. The van der Waals surface area contributed by atoms with Crippen molar-refractivity contribution in [3.8, 4) is 29.0 Å². The maximum atomic E-state index is 11.4. The van der Waals surface area contributed by atoms with E-state index in [2.05, 4.69) is 35.0 Å². The van der Waals surface area contributed by atoms with Gasteiger partial charge in [0.05, 0.1) is 6.20 Å². The Kier molecular flexibility index (Phi) is 3.82. The van der Waals surface area contributed by atoms with Gasteiger partial charge in [0, 0.05) is 16.7 Å². The number of hydrogen-bond donors (Lipinski definition) is 2. The molecule has 0 saturated carbocycles. The van der Waals surface area contributed by atoms with Crippen molar-refractivity contribution in [1.29, 1.82) is 0 Å². The van der Waals surface area contributed by atoms with Gasteiger partial charge in [-0.25, -0.2) is 4.98 Å². The first kappa shape index (κ1) is 13.4. The van der Waals surface area contributed by atoms with Gasteiger partial charge in [0.25, 0.3) is 5.56 Å². The number of aromatic amines is 1. The van der Waals surface area contributed by atoms with E-state index < -0.39 is 11.3 Å². The summed E-state index contributed by atoms with van der Waals surface area (Å²) in [6.07, 6.45) is 2.70. The molecule has 4 nitrogen and oxygen atoms in total. The maximum Gasteiger partial charge on any atom is 0.293 e. The molecule has 4 heteroatoms. The first-order chi connectivity index (χ1) is 9.60. The molecule has 2 rings (SSSR count). The van der Waals surface area contributed by atoms with Crippen molar-refractivity contribution in [1.82, 2.24) is 9.97 Å². The monoisotopic (exact) mass is 264 g/mol. The molecular formula is C16H12N2O2. The minimum atomic E-state index is -0.577. The molecule has 2 N–H and O–H groups in total. The van der Waals surface area contributed by atoms with Crippen LogP contribution in [0.3, 0.4) is 0 Å². The van der Waals surface area contributed by atoms with Crippen LogP contribution in [0.1, 0.15) is 5.56 Å². The third-order valence-corrected chi connectivity index (χ3v) is 2.53. The molecule has 0 saturated heterocycles. The zero-order valence-electron chi connectivity index (χ0n) is 10.7. The molecule has 0 unspecified atom stereocenters. The van der Waals surface area contributed by atoms with Crippen LogP contribution in [0.5, 0.6) is 5.75 Å². The number of nitrogens with zero attached hydrogens (tertiary/aromatic N) is 1. The Bertz CT molecular complexity index is 792. The SMILES string of the molecule is C=CC(=C)C#Cc1cccc(-c2ncc(O)c(=O)[nH]2)c1. The van der Waals surface area contributed by atoms with Gasteiger partial charge in [0.1, 0.15) is 5.82 Å². The first-order valence-corrected chi connectivity index (χ1v) is 5.82. The lowest BCUT2D eigenvalue weighted by atomic mass is 10.1. The van der Waals surface area contributed by atoms with Gasteiger partial charge in [-0.3, -0.25) is 4.79 Å². The van der Waals surface area contributed by atoms with Crippen molar-refractivity contribution in [2.45, 2.75) is 0 Å². The van der Waals surface area contributed by atoms with Crippen molar-refractivity contribution in [2.75, 3.05) is 0 Å². The molecule has 1 aromatic carbocycles. The van der Waals surface area contributed by atoms with Crippen molar-refractivity contribution in [3.63, 3.8) is 0 Å². The van der Waals surface area contributed by atoms with Crippen LogP contribution in [0, 0.1) is 11.8 Å². The molecule has 0 fully saturated rings. The van der Waals surface area contributed by atoms with Crippen molar-refractivity contribution in [3.05, 3.63) is 71.2 Å². The summed E-state index contributed by atoms with van der Waals surface area (Å²) < 4.78 is 0. The molecule has 1 heterocycles.